The highest BCUT2D eigenvalue weighted by atomic mass is 79.9. The predicted molar refractivity (Wildman–Crippen MR) is 59.6 cm³/mol. The van der Waals surface area contributed by atoms with E-state index in [1.807, 2.05) is 19.1 Å². The standard InChI is InChI=1S/C8H9BrN4S/c1-5-6(4-10)11-12-13(5)8-3-2-7(9)14-8/h2-3H,4,10H2,1H3. The zero-order chi connectivity index (χ0) is 10.1. The van der Waals surface area contributed by atoms with Gasteiger partial charge in [-0.15, -0.1) is 16.4 Å². The summed E-state index contributed by atoms with van der Waals surface area (Å²) in [5.41, 5.74) is 7.37. The zero-order valence-corrected chi connectivity index (χ0v) is 9.97. The molecule has 2 heterocycles. The summed E-state index contributed by atoms with van der Waals surface area (Å²) in [6.07, 6.45) is 0. The van der Waals surface area contributed by atoms with E-state index in [9.17, 15) is 0 Å². The third kappa shape index (κ3) is 1.60. The smallest absolute Gasteiger partial charge is 0.120 e. The number of hydrogen-bond donors (Lipinski definition) is 1. The fourth-order valence-corrected chi connectivity index (χ4v) is 2.54. The second-order valence-corrected chi connectivity index (χ2v) is 5.26. The highest BCUT2D eigenvalue weighted by Crippen LogP contribution is 2.25. The van der Waals surface area contributed by atoms with E-state index in [4.69, 9.17) is 5.73 Å². The maximum Gasteiger partial charge on any atom is 0.120 e. The lowest BCUT2D eigenvalue weighted by molar-refractivity contribution is 0.793. The second-order valence-electron chi connectivity index (χ2n) is 2.82. The van der Waals surface area contributed by atoms with Crippen molar-refractivity contribution >= 4 is 27.3 Å². The number of halogens is 1. The summed E-state index contributed by atoms with van der Waals surface area (Å²) in [6.45, 7) is 2.40. The van der Waals surface area contributed by atoms with Crippen molar-refractivity contribution in [2.24, 2.45) is 5.73 Å². The molecule has 0 unspecified atom stereocenters. The topological polar surface area (TPSA) is 56.7 Å². The molecule has 0 aliphatic carbocycles. The SMILES string of the molecule is Cc1c(CN)nnn1-c1ccc(Br)s1. The lowest BCUT2D eigenvalue weighted by atomic mass is 10.3. The fourth-order valence-electron chi connectivity index (χ4n) is 1.18. The van der Waals surface area contributed by atoms with Crippen LogP contribution in [0.1, 0.15) is 11.4 Å². The Morgan fingerprint density at radius 2 is 2.36 bits per heavy atom. The van der Waals surface area contributed by atoms with Gasteiger partial charge in [-0.05, 0) is 35.0 Å². The summed E-state index contributed by atoms with van der Waals surface area (Å²) in [5.74, 6) is 0. The van der Waals surface area contributed by atoms with Crippen LogP contribution in [0.4, 0.5) is 0 Å². The first-order chi connectivity index (χ1) is 6.72. The van der Waals surface area contributed by atoms with Gasteiger partial charge in [0.15, 0.2) is 0 Å². The van der Waals surface area contributed by atoms with Crippen molar-refractivity contribution in [3.8, 4) is 5.00 Å². The average Bonchev–Trinajstić information content (AvgIpc) is 2.72. The number of hydrogen-bond acceptors (Lipinski definition) is 4. The van der Waals surface area contributed by atoms with Gasteiger partial charge in [0.25, 0.3) is 0 Å². The lowest BCUT2D eigenvalue weighted by Gasteiger charge is -1.97. The summed E-state index contributed by atoms with van der Waals surface area (Å²) in [4.78, 5) is 0. The van der Waals surface area contributed by atoms with E-state index in [0.717, 1.165) is 20.2 Å². The molecule has 2 N–H and O–H groups in total. The van der Waals surface area contributed by atoms with Crippen molar-refractivity contribution in [3.05, 3.63) is 27.3 Å². The van der Waals surface area contributed by atoms with Crippen molar-refractivity contribution in [2.45, 2.75) is 13.5 Å². The summed E-state index contributed by atoms with van der Waals surface area (Å²) in [5, 5.41) is 9.09. The first-order valence-corrected chi connectivity index (χ1v) is 5.70. The van der Waals surface area contributed by atoms with Crippen molar-refractivity contribution < 1.29 is 0 Å². The van der Waals surface area contributed by atoms with E-state index >= 15 is 0 Å². The molecule has 2 aromatic heterocycles. The van der Waals surface area contributed by atoms with Gasteiger partial charge in [-0.1, -0.05) is 5.21 Å². The molecule has 0 aliphatic rings. The van der Waals surface area contributed by atoms with Crippen LogP contribution in [0.15, 0.2) is 15.9 Å². The van der Waals surface area contributed by atoms with E-state index in [-0.39, 0.29) is 0 Å². The number of nitrogens with two attached hydrogens (primary N) is 1. The Hall–Kier alpha value is -0.720. The fraction of sp³-hybridized carbons (Fsp3) is 0.250. The Labute approximate surface area is 93.9 Å². The average molecular weight is 273 g/mol. The van der Waals surface area contributed by atoms with Crippen molar-refractivity contribution in [2.75, 3.05) is 0 Å². The summed E-state index contributed by atoms with van der Waals surface area (Å²) in [7, 11) is 0. The van der Waals surface area contributed by atoms with Crippen molar-refractivity contribution in [1.29, 1.82) is 0 Å². The molecule has 2 aromatic rings. The molecule has 0 spiro atoms. The second kappa shape index (κ2) is 3.80. The molecule has 0 fully saturated rings. The number of rotatable bonds is 2. The Kier molecular flexibility index (Phi) is 2.66. The normalized spacial score (nSPS) is 10.8. The van der Waals surface area contributed by atoms with Gasteiger partial charge in [-0.25, -0.2) is 4.68 Å². The molecular formula is C8H9BrN4S. The quantitative estimate of drug-likeness (QED) is 0.908. The number of aromatic nitrogens is 3. The van der Waals surface area contributed by atoms with Gasteiger partial charge < -0.3 is 5.73 Å². The largest absolute Gasteiger partial charge is 0.325 e. The van der Waals surface area contributed by atoms with Gasteiger partial charge >= 0.3 is 0 Å². The molecule has 0 aromatic carbocycles. The minimum atomic E-state index is 0.429. The molecule has 0 saturated heterocycles. The molecule has 4 nitrogen and oxygen atoms in total. The van der Waals surface area contributed by atoms with Crippen LogP contribution in [-0.2, 0) is 6.54 Å². The minimum absolute atomic E-state index is 0.429. The third-order valence-corrected chi connectivity index (χ3v) is 3.55. The molecule has 0 amide bonds. The molecule has 14 heavy (non-hydrogen) atoms. The molecule has 0 saturated carbocycles. The molecule has 2 rings (SSSR count). The van der Waals surface area contributed by atoms with E-state index in [1.165, 1.54) is 0 Å². The first-order valence-electron chi connectivity index (χ1n) is 4.09. The van der Waals surface area contributed by atoms with Crippen molar-refractivity contribution in [3.63, 3.8) is 0 Å². The van der Waals surface area contributed by atoms with Gasteiger partial charge in [0.2, 0.25) is 0 Å². The maximum absolute atomic E-state index is 5.53. The van der Waals surface area contributed by atoms with Gasteiger partial charge in [0, 0.05) is 6.54 Å². The van der Waals surface area contributed by atoms with Crippen LogP contribution in [0.2, 0.25) is 0 Å². The van der Waals surface area contributed by atoms with E-state index in [0.29, 0.717) is 6.54 Å². The zero-order valence-electron chi connectivity index (χ0n) is 7.57. The molecule has 0 aliphatic heterocycles. The number of thiophene rings is 1. The summed E-state index contributed by atoms with van der Waals surface area (Å²) < 4.78 is 2.88. The lowest BCUT2D eigenvalue weighted by Crippen LogP contribution is -2.00. The molecule has 0 bridgehead atoms. The van der Waals surface area contributed by atoms with Crippen LogP contribution < -0.4 is 5.73 Å². The third-order valence-electron chi connectivity index (χ3n) is 1.95. The first kappa shape index (κ1) is 9.82. The van der Waals surface area contributed by atoms with E-state index in [2.05, 4.69) is 26.2 Å². The molecular weight excluding hydrogens is 264 g/mol. The van der Waals surface area contributed by atoms with Crippen LogP contribution >= 0.6 is 27.3 Å². The Bertz CT molecular complexity index is 448. The number of nitrogens with zero attached hydrogens (tertiary/aromatic N) is 3. The van der Waals surface area contributed by atoms with Gasteiger partial charge in [0.1, 0.15) is 5.00 Å². The highest BCUT2D eigenvalue weighted by Gasteiger charge is 2.09. The van der Waals surface area contributed by atoms with Crippen LogP contribution in [-0.4, -0.2) is 15.0 Å². The van der Waals surface area contributed by atoms with Gasteiger partial charge in [-0.2, -0.15) is 0 Å². The Balaban J connectivity index is 2.46. The van der Waals surface area contributed by atoms with Crippen molar-refractivity contribution in [1.82, 2.24) is 15.0 Å². The van der Waals surface area contributed by atoms with Crippen LogP contribution in [0.5, 0.6) is 0 Å². The molecule has 74 valence electrons. The predicted octanol–water partition coefficient (Wildman–Crippen LogP) is 1.86. The van der Waals surface area contributed by atoms with Gasteiger partial charge in [-0.3, -0.25) is 0 Å². The summed E-state index contributed by atoms with van der Waals surface area (Å²) in [6, 6.07) is 3.99. The van der Waals surface area contributed by atoms with Crippen LogP contribution in [0, 0.1) is 6.92 Å². The Morgan fingerprint density at radius 1 is 1.57 bits per heavy atom. The summed E-state index contributed by atoms with van der Waals surface area (Å²) >= 11 is 5.03. The van der Waals surface area contributed by atoms with E-state index in [1.54, 1.807) is 16.0 Å². The van der Waals surface area contributed by atoms with Gasteiger partial charge in [0.05, 0.1) is 15.2 Å². The van der Waals surface area contributed by atoms with Crippen LogP contribution in [0.3, 0.4) is 0 Å². The highest BCUT2D eigenvalue weighted by molar-refractivity contribution is 9.11. The van der Waals surface area contributed by atoms with E-state index < -0.39 is 0 Å². The van der Waals surface area contributed by atoms with Crippen LogP contribution in [0.25, 0.3) is 5.00 Å². The molecule has 6 heteroatoms. The molecule has 0 atom stereocenters. The molecule has 0 radical (unpaired) electrons. The minimum Gasteiger partial charge on any atom is -0.325 e. The maximum atomic E-state index is 5.53. The Morgan fingerprint density at radius 3 is 2.86 bits per heavy atom. The monoisotopic (exact) mass is 272 g/mol.